The van der Waals surface area contributed by atoms with Crippen molar-refractivity contribution in [2.75, 3.05) is 12.0 Å². The van der Waals surface area contributed by atoms with Crippen LogP contribution in [-0.4, -0.2) is 36.5 Å². The summed E-state index contributed by atoms with van der Waals surface area (Å²) in [6, 6.07) is 4.29. The van der Waals surface area contributed by atoms with E-state index in [1.54, 1.807) is 0 Å². The van der Waals surface area contributed by atoms with Crippen LogP contribution in [0.25, 0.3) is 11.3 Å². The van der Waals surface area contributed by atoms with E-state index in [1.165, 1.54) is 12.1 Å². The molecule has 1 aromatic heterocycles. The van der Waals surface area contributed by atoms with Gasteiger partial charge in [0.15, 0.2) is 0 Å². The highest BCUT2D eigenvalue weighted by Crippen LogP contribution is 2.26. The van der Waals surface area contributed by atoms with Crippen LogP contribution in [0.15, 0.2) is 24.3 Å². The molecule has 0 radical (unpaired) electrons. The number of carboxylic acids is 1. The molecule has 0 saturated carbocycles. The Morgan fingerprint density at radius 2 is 1.95 bits per heavy atom. The number of carboxylic acid groups (broad SMARTS) is 1. The van der Waals surface area contributed by atoms with Gasteiger partial charge >= 0.3 is 5.97 Å². The van der Waals surface area contributed by atoms with Gasteiger partial charge in [-0.3, -0.25) is 0 Å². The largest absolute Gasteiger partial charge is 0.477 e. The van der Waals surface area contributed by atoms with Gasteiger partial charge in [0.25, 0.3) is 0 Å². The van der Waals surface area contributed by atoms with Crippen molar-refractivity contribution < 1.29 is 27.1 Å². The zero-order valence-corrected chi connectivity index (χ0v) is 12.4. The Morgan fingerprint density at radius 3 is 2.50 bits per heavy atom. The molecule has 0 amide bonds. The molecule has 0 bridgehead atoms. The summed E-state index contributed by atoms with van der Waals surface area (Å²) in [6.07, 6.45) is 1.03. The van der Waals surface area contributed by atoms with Crippen LogP contribution >= 0.6 is 0 Å². The van der Waals surface area contributed by atoms with Gasteiger partial charge in [0.2, 0.25) is 0 Å². The minimum atomic E-state index is -3.26. The molecule has 0 atom stereocenters. The molecular formula is C14H13F2NO4S. The lowest BCUT2D eigenvalue weighted by Gasteiger charge is -2.00. The van der Waals surface area contributed by atoms with Crippen molar-refractivity contribution in [3.8, 4) is 11.3 Å². The van der Waals surface area contributed by atoms with Gasteiger partial charge in [0, 0.05) is 23.6 Å². The first-order valence-electron chi connectivity index (χ1n) is 6.25. The van der Waals surface area contributed by atoms with Gasteiger partial charge in [-0.1, -0.05) is 0 Å². The number of aromatic nitrogens is 1. The predicted molar refractivity (Wildman–Crippen MR) is 76.5 cm³/mol. The number of hydrogen-bond acceptors (Lipinski definition) is 3. The number of aromatic carboxylic acids is 1. The van der Waals surface area contributed by atoms with Crippen molar-refractivity contribution in [3.05, 3.63) is 47.2 Å². The molecule has 0 fully saturated rings. The predicted octanol–water partition coefficient (Wildman–Crippen LogP) is 2.25. The van der Waals surface area contributed by atoms with E-state index >= 15 is 0 Å². The van der Waals surface area contributed by atoms with Crippen molar-refractivity contribution in [1.29, 1.82) is 0 Å². The maximum Gasteiger partial charge on any atom is 0.352 e. The first-order valence-corrected chi connectivity index (χ1v) is 8.32. The normalized spacial score (nSPS) is 11.6. The van der Waals surface area contributed by atoms with E-state index in [2.05, 4.69) is 4.98 Å². The fraction of sp³-hybridized carbons (Fsp3) is 0.214. The van der Waals surface area contributed by atoms with E-state index in [0.717, 1.165) is 12.3 Å². The van der Waals surface area contributed by atoms with Crippen molar-refractivity contribution in [2.45, 2.75) is 6.42 Å². The van der Waals surface area contributed by atoms with Crippen LogP contribution in [0.2, 0.25) is 0 Å². The second-order valence-corrected chi connectivity index (χ2v) is 7.15. The maximum absolute atomic E-state index is 13.8. The Kier molecular flexibility index (Phi) is 4.32. The van der Waals surface area contributed by atoms with E-state index in [9.17, 15) is 22.0 Å². The molecule has 0 aliphatic carbocycles. The monoisotopic (exact) mass is 329 g/mol. The number of nitrogens with one attached hydrogen (secondary N) is 1. The summed E-state index contributed by atoms with van der Waals surface area (Å²) >= 11 is 0. The number of sulfone groups is 1. The lowest BCUT2D eigenvalue weighted by atomic mass is 10.1. The highest BCUT2D eigenvalue weighted by atomic mass is 32.2. The number of benzene rings is 1. The Labute approximate surface area is 125 Å². The summed E-state index contributed by atoms with van der Waals surface area (Å²) in [5.41, 5.74) is 0.201. The molecule has 2 N–H and O–H groups in total. The van der Waals surface area contributed by atoms with E-state index in [0.29, 0.717) is 6.07 Å². The third-order valence-electron chi connectivity index (χ3n) is 3.08. The summed E-state index contributed by atoms with van der Waals surface area (Å²) in [5, 5.41) is 9.13. The summed E-state index contributed by atoms with van der Waals surface area (Å²) in [5.74, 6) is -3.09. The lowest BCUT2D eigenvalue weighted by molar-refractivity contribution is 0.0690. The second-order valence-electron chi connectivity index (χ2n) is 4.89. The molecule has 0 spiro atoms. The summed E-state index contributed by atoms with van der Waals surface area (Å²) in [7, 11) is -3.26. The number of aryl methyl sites for hydroxylation is 1. The molecule has 118 valence electrons. The van der Waals surface area contributed by atoms with Crippen molar-refractivity contribution in [3.63, 3.8) is 0 Å². The molecule has 22 heavy (non-hydrogen) atoms. The average molecular weight is 329 g/mol. The Bertz CT molecular complexity index is 827. The number of aromatic amines is 1. The Balaban J connectivity index is 2.44. The van der Waals surface area contributed by atoms with E-state index in [4.69, 9.17) is 5.11 Å². The van der Waals surface area contributed by atoms with Gasteiger partial charge < -0.3 is 10.1 Å². The Morgan fingerprint density at radius 1 is 1.27 bits per heavy atom. The van der Waals surface area contributed by atoms with Crippen LogP contribution in [0.5, 0.6) is 0 Å². The standard InChI is InChI=1S/C14H13F2NO4S/c1-22(20,21)5-4-8-6-12(17-13(8)14(18)19)10-3-2-9(15)7-11(10)16/h2-3,6-7,17H,4-5H2,1H3,(H,18,19). The smallest absolute Gasteiger partial charge is 0.352 e. The summed E-state index contributed by atoms with van der Waals surface area (Å²) in [4.78, 5) is 13.7. The van der Waals surface area contributed by atoms with Crippen molar-refractivity contribution in [2.24, 2.45) is 0 Å². The first-order chi connectivity index (χ1) is 10.2. The molecular weight excluding hydrogens is 316 g/mol. The molecule has 2 aromatic rings. The minimum Gasteiger partial charge on any atom is -0.477 e. The molecule has 0 unspecified atom stereocenters. The summed E-state index contributed by atoms with van der Waals surface area (Å²) in [6.45, 7) is 0. The number of hydrogen-bond donors (Lipinski definition) is 2. The van der Waals surface area contributed by atoms with Crippen LogP contribution in [0, 0.1) is 11.6 Å². The van der Waals surface area contributed by atoms with Crippen LogP contribution < -0.4 is 0 Å². The van der Waals surface area contributed by atoms with E-state index in [-0.39, 0.29) is 34.7 Å². The van der Waals surface area contributed by atoms with E-state index < -0.39 is 27.4 Å². The fourth-order valence-electron chi connectivity index (χ4n) is 2.03. The molecule has 1 aromatic carbocycles. The topological polar surface area (TPSA) is 87.2 Å². The van der Waals surface area contributed by atoms with E-state index in [1.807, 2.05) is 0 Å². The summed E-state index contributed by atoms with van der Waals surface area (Å²) < 4.78 is 49.1. The quantitative estimate of drug-likeness (QED) is 0.881. The molecule has 0 saturated heterocycles. The SMILES string of the molecule is CS(=O)(=O)CCc1cc(-c2ccc(F)cc2F)[nH]c1C(=O)O. The molecule has 8 heteroatoms. The second kappa shape index (κ2) is 5.88. The van der Waals surface area contributed by atoms with Crippen LogP contribution in [0.1, 0.15) is 16.1 Å². The van der Waals surface area contributed by atoms with Crippen LogP contribution in [-0.2, 0) is 16.3 Å². The third-order valence-corrected chi connectivity index (χ3v) is 4.02. The molecule has 2 rings (SSSR count). The zero-order chi connectivity index (χ0) is 16.5. The number of rotatable bonds is 5. The molecule has 0 aliphatic heterocycles. The van der Waals surface area contributed by atoms with Crippen molar-refractivity contribution >= 4 is 15.8 Å². The fourth-order valence-corrected chi connectivity index (χ4v) is 2.62. The minimum absolute atomic E-state index is 0.00880. The van der Waals surface area contributed by atoms with Gasteiger partial charge in [-0.05, 0) is 30.2 Å². The Hall–Kier alpha value is -2.22. The number of halogens is 2. The molecule has 1 heterocycles. The highest BCUT2D eigenvalue weighted by molar-refractivity contribution is 7.90. The number of carbonyl (C=O) groups is 1. The third kappa shape index (κ3) is 3.70. The molecule has 0 aliphatic rings. The van der Waals surface area contributed by atoms with Crippen LogP contribution in [0.4, 0.5) is 8.78 Å². The van der Waals surface area contributed by atoms with Gasteiger partial charge in [0.1, 0.15) is 27.2 Å². The van der Waals surface area contributed by atoms with Gasteiger partial charge in [-0.2, -0.15) is 0 Å². The lowest BCUT2D eigenvalue weighted by Crippen LogP contribution is -2.08. The average Bonchev–Trinajstić information content (AvgIpc) is 2.79. The highest BCUT2D eigenvalue weighted by Gasteiger charge is 2.18. The first kappa shape index (κ1) is 16.2. The van der Waals surface area contributed by atoms with Crippen LogP contribution in [0.3, 0.4) is 0 Å². The maximum atomic E-state index is 13.8. The number of H-pyrrole nitrogens is 1. The van der Waals surface area contributed by atoms with Gasteiger partial charge in [-0.15, -0.1) is 0 Å². The van der Waals surface area contributed by atoms with Crippen molar-refractivity contribution in [1.82, 2.24) is 4.98 Å². The van der Waals surface area contributed by atoms with Gasteiger partial charge in [0.05, 0.1) is 5.75 Å². The van der Waals surface area contributed by atoms with Gasteiger partial charge in [-0.25, -0.2) is 22.0 Å². The zero-order valence-electron chi connectivity index (χ0n) is 11.6. The molecule has 5 nitrogen and oxygen atoms in total.